The fourth-order valence-electron chi connectivity index (χ4n) is 2.74. The fourth-order valence-corrected chi connectivity index (χ4v) is 2.74. The summed E-state index contributed by atoms with van der Waals surface area (Å²) in [5, 5.41) is 2.70. The van der Waals surface area contributed by atoms with Gasteiger partial charge < -0.3 is 10.2 Å². The van der Waals surface area contributed by atoms with E-state index in [9.17, 15) is 14.0 Å². The van der Waals surface area contributed by atoms with Crippen LogP contribution in [0.1, 0.15) is 27.6 Å². The first kappa shape index (κ1) is 18.3. The topological polar surface area (TPSA) is 49.4 Å². The highest BCUT2D eigenvalue weighted by molar-refractivity contribution is 6.09. The summed E-state index contributed by atoms with van der Waals surface area (Å²) in [4.78, 5) is 27.0. The van der Waals surface area contributed by atoms with Crippen molar-refractivity contribution in [2.45, 2.75) is 6.92 Å². The maximum atomic E-state index is 13.0. The van der Waals surface area contributed by atoms with Crippen molar-refractivity contribution in [2.75, 3.05) is 16.8 Å². The quantitative estimate of drug-likeness (QED) is 0.712. The molecule has 0 aliphatic rings. The van der Waals surface area contributed by atoms with Crippen LogP contribution in [0, 0.1) is 5.82 Å². The van der Waals surface area contributed by atoms with Gasteiger partial charge in [-0.25, -0.2) is 4.39 Å². The van der Waals surface area contributed by atoms with Gasteiger partial charge in [0.15, 0.2) is 0 Å². The molecule has 0 unspecified atom stereocenters. The molecule has 0 radical (unpaired) electrons. The standard InChI is InChI=1S/C22H19FN2O2/c1-2-25(20-9-4-3-5-10-20)22(27)17-8-6-7-16(15-17)21(26)24-19-13-11-18(23)12-14-19/h3-15H,2H2,1H3,(H,24,26). The molecule has 3 rings (SSSR count). The smallest absolute Gasteiger partial charge is 0.258 e. The van der Waals surface area contributed by atoms with Crippen LogP contribution in [0.3, 0.4) is 0 Å². The number of benzene rings is 3. The van der Waals surface area contributed by atoms with E-state index in [-0.39, 0.29) is 17.6 Å². The number of rotatable bonds is 5. The van der Waals surface area contributed by atoms with Crippen molar-refractivity contribution >= 4 is 23.2 Å². The first-order valence-corrected chi connectivity index (χ1v) is 8.62. The maximum Gasteiger partial charge on any atom is 0.258 e. The van der Waals surface area contributed by atoms with Crippen LogP contribution in [0.4, 0.5) is 15.8 Å². The number of hydrogen-bond acceptors (Lipinski definition) is 2. The third-order valence-corrected chi connectivity index (χ3v) is 4.10. The molecule has 3 aromatic rings. The van der Waals surface area contributed by atoms with E-state index >= 15 is 0 Å². The van der Waals surface area contributed by atoms with Crippen molar-refractivity contribution in [1.29, 1.82) is 0 Å². The Labute approximate surface area is 157 Å². The van der Waals surface area contributed by atoms with Crippen molar-refractivity contribution in [3.05, 3.63) is 95.8 Å². The Kier molecular flexibility index (Phi) is 5.61. The van der Waals surface area contributed by atoms with E-state index in [2.05, 4.69) is 5.32 Å². The number of halogens is 1. The molecule has 0 aliphatic heterocycles. The zero-order valence-corrected chi connectivity index (χ0v) is 14.9. The van der Waals surface area contributed by atoms with Gasteiger partial charge in [0.2, 0.25) is 0 Å². The second kappa shape index (κ2) is 8.27. The van der Waals surface area contributed by atoms with Crippen molar-refractivity contribution < 1.29 is 14.0 Å². The normalized spacial score (nSPS) is 10.3. The molecule has 136 valence electrons. The van der Waals surface area contributed by atoms with E-state index in [4.69, 9.17) is 0 Å². The molecule has 27 heavy (non-hydrogen) atoms. The molecule has 0 aromatic heterocycles. The molecule has 0 heterocycles. The first-order valence-electron chi connectivity index (χ1n) is 8.62. The van der Waals surface area contributed by atoms with Crippen LogP contribution < -0.4 is 10.2 Å². The first-order chi connectivity index (χ1) is 13.1. The van der Waals surface area contributed by atoms with Gasteiger partial charge in [-0.15, -0.1) is 0 Å². The van der Waals surface area contributed by atoms with Gasteiger partial charge in [0, 0.05) is 29.0 Å². The third-order valence-electron chi connectivity index (χ3n) is 4.10. The summed E-state index contributed by atoms with van der Waals surface area (Å²) < 4.78 is 13.0. The van der Waals surface area contributed by atoms with Gasteiger partial charge in [0.25, 0.3) is 11.8 Å². The highest BCUT2D eigenvalue weighted by atomic mass is 19.1. The van der Waals surface area contributed by atoms with Crippen LogP contribution in [-0.4, -0.2) is 18.4 Å². The van der Waals surface area contributed by atoms with Crippen LogP contribution in [-0.2, 0) is 0 Å². The molecule has 0 atom stereocenters. The van der Waals surface area contributed by atoms with Gasteiger partial charge in [0.05, 0.1) is 0 Å². The number of carbonyl (C=O) groups is 2. The summed E-state index contributed by atoms with van der Waals surface area (Å²) in [6.45, 7) is 2.41. The van der Waals surface area contributed by atoms with E-state index in [1.807, 2.05) is 37.3 Å². The van der Waals surface area contributed by atoms with Gasteiger partial charge in [0.1, 0.15) is 5.82 Å². The molecule has 2 amide bonds. The number of anilines is 2. The molecule has 0 bridgehead atoms. The Morgan fingerprint density at radius 2 is 1.56 bits per heavy atom. The summed E-state index contributed by atoms with van der Waals surface area (Å²) in [7, 11) is 0. The minimum Gasteiger partial charge on any atom is -0.322 e. The molecule has 0 aliphatic carbocycles. The summed E-state index contributed by atoms with van der Waals surface area (Å²) in [5.41, 5.74) is 2.06. The molecular formula is C22H19FN2O2. The van der Waals surface area contributed by atoms with Crippen molar-refractivity contribution in [1.82, 2.24) is 0 Å². The largest absolute Gasteiger partial charge is 0.322 e. The zero-order chi connectivity index (χ0) is 19.2. The van der Waals surface area contributed by atoms with Crippen molar-refractivity contribution in [2.24, 2.45) is 0 Å². The Hall–Kier alpha value is -3.47. The van der Waals surface area contributed by atoms with Gasteiger partial charge in [-0.05, 0) is 61.5 Å². The van der Waals surface area contributed by atoms with Gasteiger partial charge in [-0.3, -0.25) is 9.59 Å². The molecule has 1 N–H and O–H groups in total. The SMILES string of the molecule is CCN(C(=O)c1cccc(C(=O)Nc2ccc(F)cc2)c1)c1ccccc1. The van der Waals surface area contributed by atoms with E-state index in [1.165, 1.54) is 24.3 Å². The molecule has 0 saturated heterocycles. The number of nitrogens with one attached hydrogen (secondary N) is 1. The number of amides is 2. The predicted molar refractivity (Wildman–Crippen MR) is 105 cm³/mol. The molecule has 5 heteroatoms. The number of hydrogen-bond donors (Lipinski definition) is 1. The van der Waals surface area contributed by atoms with Crippen molar-refractivity contribution in [3.8, 4) is 0 Å². The summed E-state index contributed by atoms with van der Waals surface area (Å²) >= 11 is 0. The Morgan fingerprint density at radius 1 is 0.889 bits per heavy atom. The minimum absolute atomic E-state index is 0.180. The van der Waals surface area contributed by atoms with E-state index < -0.39 is 0 Å². The van der Waals surface area contributed by atoms with Gasteiger partial charge in [-0.1, -0.05) is 24.3 Å². The highest BCUT2D eigenvalue weighted by Crippen LogP contribution is 2.18. The van der Waals surface area contributed by atoms with Gasteiger partial charge in [-0.2, -0.15) is 0 Å². The number of nitrogens with zero attached hydrogens (tertiary/aromatic N) is 1. The predicted octanol–water partition coefficient (Wildman–Crippen LogP) is 4.74. The molecular weight excluding hydrogens is 343 g/mol. The minimum atomic E-state index is -0.374. The molecule has 0 spiro atoms. The lowest BCUT2D eigenvalue weighted by Gasteiger charge is -2.21. The van der Waals surface area contributed by atoms with E-state index in [1.54, 1.807) is 29.2 Å². The second-order valence-electron chi connectivity index (χ2n) is 5.93. The molecule has 0 saturated carbocycles. The van der Waals surface area contributed by atoms with E-state index in [0.29, 0.717) is 23.4 Å². The lowest BCUT2D eigenvalue weighted by Crippen LogP contribution is -2.30. The monoisotopic (exact) mass is 362 g/mol. The summed E-state index contributed by atoms with van der Waals surface area (Å²) in [5.74, 6) is -0.916. The zero-order valence-electron chi connectivity index (χ0n) is 14.9. The average Bonchev–Trinajstić information content (AvgIpc) is 2.71. The second-order valence-corrected chi connectivity index (χ2v) is 5.93. The van der Waals surface area contributed by atoms with Crippen LogP contribution in [0.5, 0.6) is 0 Å². The molecule has 3 aromatic carbocycles. The van der Waals surface area contributed by atoms with Crippen molar-refractivity contribution in [3.63, 3.8) is 0 Å². The Morgan fingerprint density at radius 3 is 2.22 bits per heavy atom. The lowest BCUT2D eigenvalue weighted by atomic mass is 10.1. The lowest BCUT2D eigenvalue weighted by molar-refractivity contribution is 0.0988. The summed E-state index contributed by atoms with van der Waals surface area (Å²) in [6, 6.07) is 21.4. The van der Waals surface area contributed by atoms with Gasteiger partial charge >= 0.3 is 0 Å². The van der Waals surface area contributed by atoms with Crippen LogP contribution in [0.25, 0.3) is 0 Å². The summed E-state index contributed by atoms with van der Waals surface area (Å²) in [6.07, 6.45) is 0. The molecule has 0 fully saturated rings. The van der Waals surface area contributed by atoms with Crippen LogP contribution in [0.15, 0.2) is 78.9 Å². The Balaban J connectivity index is 1.81. The number of carbonyl (C=O) groups excluding carboxylic acids is 2. The average molecular weight is 362 g/mol. The fraction of sp³-hybridized carbons (Fsp3) is 0.0909. The highest BCUT2D eigenvalue weighted by Gasteiger charge is 2.17. The third kappa shape index (κ3) is 4.39. The van der Waals surface area contributed by atoms with Crippen LogP contribution >= 0.6 is 0 Å². The van der Waals surface area contributed by atoms with Crippen LogP contribution in [0.2, 0.25) is 0 Å². The van der Waals surface area contributed by atoms with E-state index in [0.717, 1.165) is 5.69 Å². The number of para-hydroxylation sites is 1. The maximum absolute atomic E-state index is 13.0. The molecule has 4 nitrogen and oxygen atoms in total. The Bertz CT molecular complexity index is 940.